The van der Waals surface area contributed by atoms with Crippen molar-refractivity contribution in [1.29, 1.82) is 0 Å². The maximum absolute atomic E-state index is 12.3. The Bertz CT molecular complexity index is 870. The zero-order valence-electron chi connectivity index (χ0n) is 13.8. The second-order valence-corrected chi connectivity index (χ2v) is 5.62. The fourth-order valence-electron chi connectivity index (χ4n) is 2.38. The number of aromatic nitrogens is 2. The van der Waals surface area contributed by atoms with Crippen molar-refractivity contribution >= 4 is 23.2 Å². The summed E-state index contributed by atoms with van der Waals surface area (Å²) < 4.78 is 1.73. The summed E-state index contributed by atoms with van der Waals surface area (Å²) in [7, 11) is 0. The Morgan fingerprint density at radius 3 is 2.24 bits per heavy atom. The largest absolute Gasteiger partial charge is 0.326 e. The van der Waals surface area contributed by atoms with Crippen molar-refractivity contribution in [2.24, 2.45) is 0 Å². The molecule has 0 saturated heterocycles. The highest BCUT2D eigenvalue weighted by molar-refractivity contribution is 6.04. The van der Waals surface area contributed by atoms with E-state index in [1.165, 1.54) is 6.92 Å². The van der Waals surface area contributed by atoms with Crippen molar-refractivity contribution in [3.8, 4) is 0 Å². The molecule has 0 bridgehead atoms. The van der Waals surface area contributed by atoms with Crippen molar-refractivity contribution in [3.63, 3.8) is 0 Å². The second-order valence-electron chi connectivity index (χ2n) is 5.62. The summed E-state index contributed by atoms with van der Waals surface area (Å²) in [4.78, 5) is 23.3. The fourth-order valence-corrected chi connectivity index (χ4v) is 2.38. The summed E-state index contributed by atoms with van der Waals surface area (Å²) in [6, 6.07) is 16.9. The van der Waals surface area contributed by atoms with Gasteiger partial charge < -0.3 is 10.6 Å². The van der Waals surface area contributed by atoms with E-state index in [0.717, 1.165) is 5.56 Å². The highest BCUT2D eigenvalue weighted by Crippen LogP contribution is 2.14. The van der Waals surface area contributed by atoms with Crippen LogP contribution in [0.1, 0.15) is 22.8 Å². The van der Waals surface area contributed by atoms with E-state index in [1.807, 2.05) is 30.3 Å². The van der Waals surface area contributed by atoms with E-state index in [0.29, 0.717) is 23.5 Å². The summed E-state index contributed by atoms with van der Waals surface area (Å²) >= 11 is 0. The molecule has 1 aromatic heterocycles. The number of carbonyl (C=O) groups excluding carboxylic acids is 2. The van der Waals surface area contributed by atoms with Gasteiger partial charge in [-0.25, -0.2) is 0 Å². The van der Waals surface area contributed by atoms with Gasteiger partial charge in [-0.1, -0.05) is 30.3 Å². The van der Waals surface area contributed by atoms with Gasteiger partial charge in [-0.3, -0.25) is 14.3 Å². The lowest BCUT2D eigenvalue weighted by molar-refractivity contribution is -0.114. The molecule has 0 atom stereocenters. The lowest BCUT2D eigenvalue weighted by Gasteiger charge is -2.06. The van der Waals surface area contributed by atoms with Crippen molar-refractivity contribution in [2.45, 2.75) is 13.5 Å². The highest BCUT2D eigenvalue weighted by Gasteiger charge is 2.09. The molecule has 2 N–H and O–H groups in total. The highest BCUT2D eigenvalue weighted by atomic mass is 16.2. The number of nitrogens with one attached hydrogen (secondary N) is 2. The minimum atomic E-state index is -0.230. The summed E-state index contributed by atoms with van der Waals surface area (Å²) in [6.07, 6.45) is 3.26. The van der Waals surface area contributed by atoms with Crippen LogP contribution in [0.2, 0.25) is 0 Å². The molecule has 2 amide bonds. The average molecular weight is 334 g/mol. The normalized spacial score (nSPS) is 10.3. The Balaban J connectivity index is 1.62. The molecule has 0 aliphatic rings. The van der Waals surface area contributed by atoms with Crippen molar-refractivity contribution in [1.82, 2.24) is 9.78 Å². The quantitative estimate of drug-likeness (QED) is 0.752. The number of carbonyl (C=O) groups is 2. The van der Waals surface area contributed by atoms with E-state index in [4.69, 9.17) is 0 Å². The van der Waals surface area contributed by atoms with Gasteiger partial charge in [0.25, 0.3) is 5.91 Å². The second kappa shape index (κ2) is 7.44. The molecule has 6 heteroatoms. The molecule has 0 aliphatic carbocycles. The molecule has 0 spiro atoms. The van der Waals surface area contributed by atoms with Gasteiger partial charge in [0.15, 0.2) is 0 Å². The van der Waals surface area contributed by atoms with E-state index in [9.17, 15) is 9.59 Å². The molecule has 126 valence electrons. The first kappa shape index (κ1) is 16.4. The van der Waals surface area contributed by atoms with Crippen LogP contribution in [0.15, 0.2) is 67.0 Å². The molecule has 0 fully saturated rings. The van der Waals surface area contributed by atoms with Crippen LogP contribution in [0.4, 0.5) is 11.4 Å². The Kier molecular flexibility index (Phi) is 4.89. The smallest absolute Gasteiger partial charge is 0.258 e. The third-order valence-electron chi connectivity index (χ3n) is 3.55. The monoisotopic (exact) mass is 334 g/mol. The lowest BCUT2D eigenvalue weighted by Crippen LogP contribution is -2.11. The molecule has 0 aliphatic heterocycles. The molecule has 3 rings (SSSR count). The summed E-state index contributed by atoms with van der Waals surface area (Å²) in [5.41, 5.74) is 2.93. The molecule has 0 saturated carbocycles. The zero-order valence-corrected chi connectivity index (χ0v) is 13.8. The van der Waals surface area contributed by atoms with E-state index in [2.05, 4.69) is 15.7 Å². The maximum atomic E-state index is 12.3. The Hall–Kier alpha value is -3.41. The van der Waals surface area contributed by atoms with Crippen LogP contribution in [-0.2, 0) is 11.3 Å². The molecular weight excluding hydrogens is 316 g/mol. The average Bonchev–Trinajstić information content (AvgIpc) is 3.06. The lowest BCUT2D eigenvalue weighted by atomic mass is 10.2. The summed E-state index contributed by atoms with van der Waals surface area (Å²) in [5, 5.41) is 9.72. The number of anilines is 2. The molecule has 25 heavy (non-hydrogen) atoms. The third-order valence-corrected chi connectivity index (χ3v) is 3.55. The predicted octanol–water partition coefficient (Wildman–Crippen LogP) is 3.14. The van der Waals surface area contributed by atoms with Crippen LogP contribution in [0.5, 0.6) is 0 Å². The van der Waals surface area contributed by atoms with Gasteiger partial charge in [-0.2, -0.15) is 5.10 Å². The Morgan fingerprint density at radius 1 is 0.960 bits per heavy atom. The van der Waals surface area contributed by atoms with Crippen LogP contribution in [0.3, 0.4) is 0 Å². The van der Waals surface area contributed by atoms with Gasteiger partial charge in [0, 0.05) is 24.5 Å². The van der Waals surface area contributed by atoms with Crippen LogP contribution < -0.4 is 10.6 Å². The van der Waals surface area contributed by atoms with Gasteiger partial charge in [0.05, 0.1) is 18.3 Å². The standard InChI is InChI=1S/C19H18N4O2/c1-14(24)21-17-7-9-18(10-8-17)22-19(25)16-11-20-23(13-16)12-15-5-3-2-4-6-15/h2-11,13H,12H2,1H3,(H,21,24)(H,22,25). The number of benzene rings is 2. The number of nitrogens with zero attached hydrogens (tertiary/aromatic N) is 2. The van der Waals surface area contributed by atoms with Gasteiger partial charge in [-0.05, 0) is 29.8 Å². The van der Waals surface area contributed by atoms with Crippen molar-refractivity contribution in [2.75, 3.05) is 10.6 Å². The van der Waals surface area contributed by atoms with Crippen LogP contribution in [-0.4, -0.2) is 21.6 Å². The number of rotatable bonds is 5. The number of hydrogen-bond donors (Lipinski definition) is 2. The molecule has 3 aromatic rings. The first-order chi connectivity index (χ1) is 12.1. The van der Waals surface area contributed by atoms with E-state index in [-0.39, 0.29) is 11.8 Å². The molecule has 0 unspecified atom stereocenters. The molecule has 2 aromatic carbocycles. The number of hydrogen-bond acceptors (Lipinski definition) is 3. The summed E-state index contributed by atoms with van der Waals surface area (Å²) in [5.74, 6) is -0.366. The topological polar surface area (TPSA) is 76.0 Å². The van der Waals surface area contributed by atoms with Gasteiger partial charge >= 0.3 is 0 Å². The Labute approximate surface area is 145 Å². The molecular formula is C19H18N4O2. The van der Waals surface area contributed by atoms with Crippen LogP contribution >= 0.6 is 0 Å². The fraction of sp³-hybridized carbons (Fsp3) is 0.105. The minimum Gasteiger partial charge on any atom is -0.326 e. The SMILES string of the molecule is CC(=O)Nc1ccc(NC(=O)c2cnn(Cc3ccccc3)c2)cc1. The first-order valence-electron chi connectivity index (χ1n) is 7.85. The maximum Gasteiger partial charge on any atom is 0.258 e. The van der Waals surface area contributed by atoms with Crippen molar-refractivity contribution in [3.05, 3.63) is 78.1 Å². The van der Waals surface area contributed by atoms with Gasteiger partial charge in [0.1, 0.15) is 0 Å². The van der Waals surface area contributed by atoms with E-state index in [1.54, 1.807) is 41.3 Å². The van der Waals surface area contributed by atoms with E-state index < -0.39 is 0 Å². The first-order valence-corrected chi connectivity index (χ1v) is 7.85. The van der Waals surface area contributed by atoms with Crippen LogP contribution in [0.25, 0.3) is 0 Å². The molecule has 1 heterocycles. The minimum absolute atomic E-state index is 0.136. The Morgan fingerprint density at radius 2 is 1.60 bits per heavy atom. The molecule has 0 radical (unpaired) electrons. The molecule has 6 nitrogen and oxygen atoms in total. The van der Waals surface area contributed by atoms with Gasteiger partial charge in [0.2, 0.25) is 5.91 Å². The van der Waals surface area contributed by atoms with Crippen molar-refractivity contribution < 1.29 is 9.59 Å². The van der Waals surface area contributed by atoms with Gasteiger partial charge in [-0.15, -0.1) is 0 Å². The summed E-state index contributed by atoms with van der Waals surface area (Å²) in [6.45, 7) is 2.06. The third kappa shape index (κ3) is 4.54. The predicted molar refractivity (Wildman–Crippen MR) is 96.5 cm³/mol. The van der Waals surface area contributed by atoms with E-state index >= 15 is 0 Å². The van der Waals surface area contributed by atoms with Crippen LogP contribution in [0, 0.1) is 0 Å². The zero-order chi connectivity index (χ0) is 17.6. The number of amides is 2.